The third-order valence-electron chi connectivity index (χ3n) is 2.53. The lowest BCUT2D eigenvalue weighted by Gasteiger charge is -2.32. The van der Waals surface area contributed by atoms with Gasteiger partial charge in [-0.25, -0.2) is 0 Å². The van der Waals surface area contributed by atoms with Gasteiger partial charge in [-0.2, -0.15) is 11.8 Å². The van der Waals surface area contributed by atoms with Gasteiger partial charge in [0.1, 0.15) is 0 Å². The topological polar surface area (TPSA) is 15.3 Å². The first-order valence-corrected chi connectivity index (χ1v) is 6.14. The first-order valence-electron chi connectivity index (χ1n) is 4.75. The van der Waals surface area contributed by atoms with Gasteiger partial charge in [-0.05, 0) is 32.7 Å². The number of hydrogen-bond acceptors (Lipinski definition) is 3. The summed E-state index contributed by atoms with van der Waals surface area (Å²) in [7, 11) is 2.07. The maximum atomic E-state index is 3.36. The van der Waals surface area contributed by atoms with Crippen LogP contribution in [0.4, 0.5) is 0 Å². The molecular formula is C9H20N2S. The summed E-state index contributed by atoms with van der Waals surface area (Å²) < 4.78 is 0. The van der Waals surface area contributed by atoms with E-state index >= 15 is 0 Å². The van der Waals surface area contributed by atoms with E-state index in [0.29, 0.717) is 0 Å². The molecular weight excluding hydrogens is 168 g/mol. The summed E-state index contributed by atoms with van der Waals surface area (Å²) in [6.45, 7) is 3.81. The Balaban J connectivity index is 2.16. The molecule has 1 unspecified atom stereocenters. The molecule has 0 bridgehead atoms. The van der Waals surface area contributed by atoms with Crippen molar-refractivity contribution in [3.05, 3.63) is 0 Å². The third-order valence-corrected chi connectivity index (χ3v) is 3.12. The first kappa shape index (κ1) is 10.4. The number of hydrogen-bond donors (Lipinski definition) is 1. The van der Waals surface area contributed by atoms with Gasteiger partial charge in [0.2, 0.25) is 0 Å². The van der Waals surface area contributed by atoms with Gasteiger partial charge in [-0.15, -0.1) is 0 Å². The molecule has 0 aromatic rings. The molecule has 0 aliphatic carbocycles. The van der Waals surface area contributed by atoms with Crippen LogP contribution in [0.3, 0.4) is 0 Å². The summed E-state index contributed by atoms with van der Waals surface area (Å²) >= 11 is 1.94. The minimum Gasteiger partial charge on any atom is -0.316 e. The molecule has 1 saturated heterocycles. The predicted octanol–water partition coefficient (Wildman–Crippen LogP) is 1.03. The van der Waals surface area contributed by atoms with Gasteiger partial charge in [-0.1, -0.05) is 0 Å². The van der Waals surface area contributed by atoms with Crippen LogP contribution in [0.5, 0.6) is 0 Å². The van der Waals surface area contributed by atoms with E-state index < -0.39 is 0 Å². The molecule has 0 aromatic heterocycles. The second-order valence-electron chi connectivity index (χ2n) is 3.42. The highest BCUT2D eigenvalue weighted by Gasteiger charge is 2.17. The van der Waals surface area contributed by atoms with Crippen molar-refractivity contribution in [1.29, 1.82) is 0 Å². The van der Waals surface area contributed by atoms with Gasteiger partial charge < -0.3 is 10.2 Å². The van der Waals surface area contributed by atoms with E-state index in [1.165, 1.54) is 38.2 Å². The molecule has 1 rings (SSSR count). The minimum absolute atomic E-state index is 0.737. The minimum atomic E-state index is 0.737. The largest absolute Gasteiger partial charge is 0.316 e. The smallest absolute Gasteiger partial charge is 0.0192 e. The second kappa shape index (κ2) is 5.84. The van der Waals surface area contributed by atoms with Gasteiger partial charge in [0.25, 0.3) is 0 Å². The fourth-order valence-corrected chi connectivity index (χ4v) is 2.16. The van der Waals surface area contributed by atoms with E-state index in [2.05, 4.69) is 23.5 Å². The maximum Gasteiger partial charge on any atom is 0.0192 e. The number of likely N-dealkylation sites (tertiary alicyclic amines) is 1. The number of nitrogens with zero attached hydrogens (tertiary/aromatic N) is 1. The van der Waals surface area contributed by atoms with Crippen molar-refractivity contribution in [1.82, 2.24) is 10.2 Å². The number of thioether (sulfide) groups is 1. The van der Waals surface area contributed by atoms with Gasteiger partial charge >= 0.3 is 0 Å². The second-order valence-corrected chi connectivity index (χ2v) is 4.41. The standard InChI is InChI=1S/C9H20N2S/c1-10-9-4-3-5-11(8-9)6-7-12-2/h9-10H,3-8H2,1-2H3. The first-order chi connectivity index (χ1) is 5.86. The molecule has 1 atom stereocenters. The summed E-state index contributed by atoms with van der Waals surface area (Å²) in [6, 6.07) is 0.737. The van der Waals surface area contributed by atoms with Gasteiger partial charge in [0, 0.05) is 24.9 Å². The molecule has 12 heavy (non-hydrogen) atoms. The zero-order valence-electron chi connectivity index (χ0n) is 8.18. The number of likely N-dealkylation sites (N-methyl/N-ethyl adjacent to an activating group) is 1. The van der Waals surface area contributed by atoms with Crippen LogP contribution in [-0.2, 0) is 0 Å². The Morgan fingerprint density at radius 1 is 1.58 bits per heavy atom. The van der Waals surface area contributed by atoms with E-state index in [9.17, 15) is 0 Å². The summed E-state index contributed by atoms with van der Waals surface area (Å²) in [5.41, 5.74) is 0. The number of piperidine rings is 1. The van der Waals surface area contributed by atoms with E-state index in [0.717, 1.165) is 6.04 Å². The summed E-state index contributed by atoms with van der Waals surface area (Å²) in [6.07, 6.45) is 4.89. The zero-order valence-corrected chi connectivity index (χ0v) is 8.99. The summed E-state index contributed by atoms with van der Waals surface area (Å²) in [5.74, 6) is 1.27. The van der Waals surface area contributed by atoms with Crippen LogP contribution in [0.25, 0.3) is 0 Å². The van der Waals surface area contributed by atoms with Crippen molar-refractivity contribution in [2.45, 2.75) is 18.9 Å². The van der Waals surface area contributed by atoms with Crippen molar-refractivity contribution in [3.8, 4) is 0 Å². The highest BCUT2D eigenvalue weighted by Crippen LogP contribution is 2.09. The molecule has 1 N–H and O–H groups in total. The Hall–Kier alpha value is 0.270. The van der Waals surface area contributed by atoms with Crippen LogP contribution in [0, 0.1) is 0 Å². The van der Waals surface area contributed by atoms with E-state index in [4.69, 9.17) is 0 Å². The lowest BCUT2D eigenvalue weighted by Crippen LogP contribution is -2.45. The predicted molar refractivity (Wildman–Crippen MR) is 56.9 cm³/mol. The van der Waals surface area contributed by atoms with Gasteiger partial charge in [-0.3, -0.25) is 0 Å². The van der Waals surface area contributed by atoms with Crippen molar-refractivity contribution < 1.29 is 0 Å². The molecule has 1 aliphatic heterocycles. The molecule has 0 saturated carbocycles. The van der Waals surface area contributed by atoms with Crippen LogP contribution in [0.2, 0.25) is 0 Å². The van der Waals surface area contributed by atoms with Crippen LogP contribution >= 0.6 is 11.8 Å². The Bertz CT molecular complexity index is 119. The highest BCUT2D eigenvalue weighted by molar-refractivity contribution is 7.98. The van der Waals surface area contributed by atoms with Crippen LogP contribution < -0.4 is 5.32 Å². The Morgan fingerprint density at radius 2 is 2.42 bits per heavy atom. The molecule has 72 valence electrons. The van der Waals surface area contributed by atoms with Crippen molar-refractivity contribution in [3.63, 3.8) is 0 Å². The fraction of sp³-hybridized carbons (Fsp3) is 1.00. The third kappa shape index (κ3) is 3.33. The van der Waals surface area contributed by atoms with Crippen molar-refractivity contribution >= 4 is 11.8 Å². The number of nitrogens with one attached hydrogen (secondary N) is 1. The lowest BCUT2D eigenvalue weighted by molar-refractivity contribution is 0.206. The van der Waals surface area contributed by atoms with Crippen LogP contribution in [0.1, 0.15) is 12.8 Å². The molecule has 0 radical (unpaired) electrons. The molecule has 1 heterocycles. The maximum absolute atomic E-state index is 3.36. The van der Waals surface area contributed by atoms with Gasteiger partial charge in [0.05, 0.1) is 0 Å². The normalized spacial score (nSPS) is 26.0. The molecule has 0 aromatic carbocycles. The molecule has 1 aliphatic rings. The lowest BCUT2D eigenvalue weighted by atomic mass is 10.1. The molecule has 3 heteroatoms. The fourth-order valence-electron chi connectivity index (χ4n) is 1.71. The average molecular weight is 188 g/mol. The van der Waals surface area contributed by atoms with E-state index in [1.807, 2.05) is 11.8 Å². The SMILES string of the molecule is CNC1CCCN(CCSC)C1. The zero-order chi connectivity index (χ0) is 8.81. The number of rotatable bonds is 4. The Kier molecular flexibility index (Phi) is 5.04. The van der Waals surface area contributed by atoms with E-state index in [-0.39, 0.29) is 0 Å². The van der Waals surface area contributed by atoms with Crippen LogP contribution in [-0.4, -0.2) is 49.6 Å². The Morgan fingerprint density at radius 3 is 3.08 bits per heavy atom. The molecule has 2 nitrogen and oxygen atoms in total. The van der Waals surface area contributed by atoms with Crippen LogP contribution in [0.15, 0.2) is 0 Å². The van der Waals surface area contributed by atoms with Crippen molar-refractivity contribution in [2.75, 3.05) is 38.7 Å². The Labute approximate surface area is 80.1 Å². The summed E-state index contributed by atoms with van der Waals surface area (Å²) in [4.78, 5) is 2.57. The molecule has 1 fully saturated rings. The molecule has 0 spiro atoms. The quantitative estimate of drug-likeness (QED) is 0.709. The summed E-state index contributed by atoms with van der Waals surface area (Å²) in [5, 5.41) is 3.36. The molecule has 0 amide bonds. The van der Waals surface area contributed by atoms with Crippen molar-refractivity contribution in [2.24, 2.45) is 0 Å². The monoisotopic (exact) mass is 188 g/mol. The average Bonchev–Trinajstić information content (AvgIpc) is 2.15. The highest BCUT2D eigenvalue weighted by atomic mass is 32.2. The van der Waals surface area contributed by atoms with E-state index in [1.54, 1.807) is 0 Å². The van der Waals surface area contributed by atoms with Gasteiger partial charge in [0.15, 0.2) is 0 Å².